The zero-order valence-corrected chi connectivity index (χ0v) is 29.3. The lowest BCUT2D eigenvalue weighted by Crippen LogP contribution is -2.31. The van der Waals surface area contributed by atoms with Crippen LogP contribution in [0.4, 0.5) is 11.4 Å². The molecule has 1 aliphatic rings. The molecule has 2 N–H and O–H groups in total. The Balaban J connectivity index is 1.18. The molecule has 5 aromatic carbocycles. The van der Waals surface area contributed by atoms with Crippen LogP contribution in [0.3, 0.4) is 0 Å². The minimum Gasteiger partial charge on any atom is -0.495 e. The number of carbonyl (C=O) groups is 4. The highest BCUT2D eigenvalue weighted by molar-refractivity contribution is 8.00. The van der Waals surface area contributed by atoms with Crippen LogP contribution in [-0.2, 0) is 14.4 Å². The van der Waals surface area contributed by atoms with Crippen LogP contribution in [0.5, 0.6) is 17.2 Å². The summed E-state index contributed by atoms with van der Waals surface area (Å²) in [7, 11) is 1.45. The molecule has 1 fully saturated rings. The van der Waals surface area contributed by atoms with Gasteiger partial charge in [0.2, 0.25) is 11.8 Å². The number of amides is 4. The summed E-state index contributed by atoms with van der Waals surface area (Å²) in [5, 5.41) is 5.86. The second kappa shape index (κ2) is 16.0. The number of anilines is 2. The number of ether oxygens (including phenoxy) is 2. The lowest BCUT2D eigenvalue weighted by atomic mass is 10.1. The molecule has 4 amide bonds. The average molecular weight is 739 g/mol. The fraction of sp³-hybridized carbons (Fsp3) is 0.0769. The summed E-state index contributed by atoms with van der Waals surface area (Å²) >= 11 is 13.3. The quantitative estimate of drug-likeness (QED) is 0.103. The van der Waals surface area contributed by atoms with Gasteiger partial charge in [-0.1, -0.05) is 59.6 Å². The third-order valence-electron chi connectivity index (χ3n) is 7.64. The number of carbonyl (C=O) groups excluding carboxylic acids is 4. The van der Waals surface area contributed by atoms with Gasteiger partial charge < -0.3 is 20.1 Å². The predicted octanol–water partition coefficient (Wildman–Crippen LogP) is 8.63. The summed E-state index contributed by atoms with van der Waals surface area (Å²) < 4.78 is 11.1. The Morgan fingerprint density at radius 2 is 1.55 bits per heavy atom. The maximum atomic E-state index is 13.7. The molecule has 1 atom stereocenters. The number of hydrogen-bond donors (Lipinski definition) is 2. The fourth-order valence-electron chi connectivity index (χ4n) is 5.14. The SMILES string of the molecule is COc1cc(N2C(=O)CC(Sc3cccc(NC(=O)/C(=C/c4ccc(Oc5ccc(Cl)cc5)cc4)NC(=O)c4ccccc4)c3)C2=O)ccc1Cl. The summed E-state index contributed by atoms with van der Waals surface area (Å²) in [4.78, 5) is 54.9. The molecule has 5 aromatic rings. The number of hydrogen-bond acceptors (Lipinski definition) is 7. The molecule has 1 saturated heterocycles. The van der Waals surface area contributed by atoms with E-state index in [2.05, 4.69) is 10.6 Å². The van der Waals surface area contributed by atoms with E-state index in [-0.39, 0.29) is 23.9 Å². The smallest absolute Gasteiger partial charge is 0.272 e. The molecule has 1 unspecified atom stereocenters. The van der Waals surface area contributed by atoms with Gasteiger partial charge in [-0.3, -0.25) is 19.2 Å². The fourth-order valence-corrected chi connectivity index (χ4v) is 6.58. The summed E-state index contributed by atoms with van der Waals surface area (Å²) in [6, 6.07) is 34.1. The van der Waals surface area contributed by atoms with Gasteiger partial charge in [0.15, 0.2) is 0 Å². The van der Waals surface area contributed by atoms with Crippen LogP contribution in [0.1, 0.15) is 22.3 Å². The zero-order valence-electron chi connectivity index (χ0n) is 27.0. The highest BCUT2D eigenvalue weighted by atomic mass is 35.5. The number of nitrogens with zero attached hydrogens (tertiary/aromatic N) is 1. The van der Waals surface area contributed by atoms with E-state index < -0.39 is 17.1 Å². The monoisotopic (exact) mass is 737 g/mol. The van der Waals surface area contributed by atoms with Crippen LogP contribution >= 0.6 is 35.0 Å². The first-order valence-electron chi connectivity index (χ1n) is 15.6. The number of halogens is 2. The Labute approximate surface area is 308 Å². The third-order valence-corrected chi connectivity index (χ3v) is 9.38. The van der Waals surface area contributed by atoms with E-state index in [0.29, 0.717) is 54.7 Å². The minimum absolute atomic E-state index is 0.00104. The molecule has 256 valence electrons. The first kappa shape index (κ1) is 35.3. The number of imide groups is 1. The number of nitrogens with one attached hydrogen (secondary N) is 2. The maximum Gasteiger partial charge on any atom is 0.272 e. The maximum absolute atomic E-state index is 13.7. The van der Waals surface area contributed by atoms with Gasteiger partial charge in [0.25, 0.3) is 11.8 Å². The van der Waals surface area contributed by atoms with Crippen LogP contribution in [0.25, 0.3) is 6.08 Å². The first-order valence-corrected chi connectivity index (χ1v) is 17.2. The van der Waals surface area contributed by atoms with Gasteiger partial charge >= 0.3 is 0 Å². The van der Waals surface area contributed by atoms with Crippen molar-refractivity contribution in [1.29, 1.82) is 0 Å². The van der Waals surface area contributed by atoms with Gasteiger partial charge in [-0.2, -0.15) is 0 Å². The number of rotatable bonds is 11. The van der Waals surface area contributed by atoms with Crippen molar-refractivity contribution in [1.82, 2.24) is 5.32 Å². The molecule has 0 bridgehead atoms. The van der Waals surface area contributed by atoms with Crippen molar-refractivity contribution in [2.75, 3.05) is 17.3 Å². The van der Waals surface area contributed by atoms with Gasteiger partial charge in [0.1, 0.15) is 22.9 Å². The molecule has 1 aliphatic heterocycles. The second-order valence-corrected chi connectivity index (χ2v) is 13.3. The molecule has 6 rings (SSSR count). The topological polar surface area (TPSA) is 114 Å². The molecule has 1 heterocycles. The van der Waals surface area contributed by atoms with Crippen LogP contribution in [0, 0.1) is 0 Å². The Morgan fingerprint density at radius 1 is 0.843 bits per heavy atom. The van der Waals surface area contributed by atoms with Crippen LogP contribution in [-0.4, -0.2) is 36.0 Å². The summed E-state index contributed by atoms with van der Waals surface area (Å²) in [5.41, 5.74) is 1.80. The van der Waals surface area contributed by atoms with Crippen molar-refractivity contribution in [3.05, 3.63) is 148 Å². The van der Waals surface area contributed by atoms with Crippen molar-refractivity contribution in [3.63, 3.8) is 0 Å². The molecular weight excluding hydrogens is 709 g/mol. The molecular formula is C39H29Cl2N3O6S. The van der Waals surface area contributed by atoms with Gasteiger partial charge in [-0.05, 0) is 90.5 Å². The van der Waals surface area contributed by atoms with E-state index in [1.807, 2.05) is 0 Å². The Kier molecular flexibility index (Phi) is 11.1. The number of methoxy groups -OCH3 is 1. The molecule has 12 heteroatoms. The van der Waals surface area contributed by atoms with E-state index >= 15 is 0 Å². The van der Waals surface area contributed by atoms with E-state index in [9.17, 15) is 19.2 Å². The van der Waals surface area contributed by atoms with Crippen LogP contribution < -0.4 is 25.0 Å². The van der Waals surface area contributed by atoms with Gasteiger partial charge in [-0.25, -0.2) is 4.90 Å². The lowest BCUT2D eigenvalue weighted by molar-refractivity contribution is -0.121. The molecule has 0 aliphatic carbocycles. The molecule has 9 nitrogen and oxygen atoms in total. The highest BCUT2D eigenvalue weighted by Gasteiger charge is 2.40. The van der Waals surface area contributed by atoms with E-state index in [1.165, 1.54) is 18.9 Å². The van der Waals surface area contributed by atoms with Crippen LogP contribution in [0.2, 0.25) is 10.0 Å². The number of thioether (sulfide) groups is 1. The van der Waals surface area contributed by atoms with Gasteiger partial charge in [0.05, 0.1) is 23.1 Å². The van der Waals surface area contributed by atoms with Crippen molar-refractivity contribution >= 4 is 76.0 Å². The lowest BCUT2D eigenvalue weighted by Gasteiger charge is -2.16. The summed E-state index contributed by atoms with van der Waals surface area (Å²) in [6.07, 6.45) is 1.55. The normalized spacial score (nSPS) is 14.3. The Hall–Kier alpha value is -5.55. The predicted molar refractivity (Wildman–Crippen MR) is 200 cm³/mol. The van der Waals surface area contributed by atoms with Crippen molar-refractivity contribution in [2.24, 2.45) is 0 Å². The standard InChI is InChI=1S/C39H29Cl2N3O6S/c1-49-34-22-28(14-19-32(34)41)44-36(45)23-35(39(44)48)51-31-9-5-8-27(21-31)42-38(47)33(43-37(46)25-6-3-2-4-7-25)20-24-10-15-29(16-11-24)50-30-17-12-26(40)13-18-30/h2-22,35H,23H2,1H3,(H,42,47)(H,43,46)/b33-20-. The molecule has 51 heavy (non-hydrogen) atoms. The van der Waals surface area contributed by atoms with Crippen LogP contribution in [0.15, 0.2) is 132 Å². The Morgan fingerprint density at radius 3 is 2.25 bits per heavy atom. The first-order chi connectivity index (χ1) is 24.7. The van der Waals surface area contributed by atoms with Crippen molar-refractivity contribution < 1.29 is 28.7 Å². The van der Waals surface area contributed by atoms with E-state index in [0.717, 1.165) is 4.90 Å². The highest BCUT2D eigenvalue weighted by Crippen LogP contribution is 2.37. The summed E-state index contributed by atoms with van der Waals surface area (Å²) in [6.45, 7) is 0. The largest absolute Gasteiger partial charge is 0.495 e. The van der Waals surface area contributed by atoms with E-state index in [1.54, 1.807) is 127 Å². The third kappa shape index (κ3) is 8.79. The van der Waals surface area contributed by atoms with Crippen molar-refractivity contribution in [3.8, 4) is 17.2 Å². The van der Waals surface area contributed by atoms with E-state index in [4.69, 9.17) is 32.7 Å². The minimum atomic E-state index is -0.683. The molecule has 0 spiro atoms. The number of benzene rings is 5. The Bertz CT molecular complexity index is 2130. The molecule has 0 aromatic heterocycles. The molecule has 0 radical (unpaired) electrons. The second-order valence-electron chi connectivity index (χ2n) is 11.2. The van der Waals surface area contributed by atoms with Gasteiger partial charge in [0, 0.05) is 33.7 Å². The molecule has 0 saturated carbocycles. The summed E-state index contributed by atoms with van der Waals surface area (Å²) in [5.74, 6) is -0.220. The average Bonchev–Trinajstić information content (AvgIpc) is 3.41. The van der Waals surface area contributed by atoms with Gasteiger partial charge in [-0.15, -0.1) is 11.8 Å². The zero-order chi connectivity index (χ0) is 35.9. The van der Waals surface area contributed by atoms with Crippen molar-refractivity contribution in [2.45, 2.75) is 16.6 Å².